The molecule has 0 saturated carbocycles. The van der Waals surface area contributed by atoms with Gasteiger partial charge in [0.05, 0.1) is 6.04 Å². The lowest BCUT2D eigenvalue weighted by molar-refractivity contribution is -0.142. The van der Waals surface area contributed by atoms with E-state index in [0.717, 1.165) is 38.2 Å². The van der Waals surface area contributed by atoms with Crippen LogP contribution in [-0.2, 0) is 4.79 Å². The van der Waals surface area contributed by atoms with Crippen molar-refractivity contribution < 1.29 is 9.59 Å². The molecule has 132 valence electrons. The Kier molecular flexibility index (Phi) is 4.89. The quantitative estimate of drug-likeness (QED) is 0.891. The van der Waals surface area contributed by atoms with E-state index >= 15 is 0 Å². The molecule has 2 saturated heterocycles. The fourth-order valence-corrected chi connectivity index (χ4v) is 3.66. The highest BCUT2D eigenvalue weighted by molar-refractivity contribution is 5.92. The van der Waals surface area contributed by atoms with Gasteiger partial charge in [0.2, 0.25) is 5.91 Å². The third-order valence-corrected chi connectivity index (χ3v) is 5.04. The van der Waals surface area contributed by atoms with Gasteiger partial charge in [-0.3, -0.25) is 19.6 Å². The Morgan fingerprint density at radius 3 is 2.54 bits per heavy atom. The van der Waals surface area contributed by atoms with Crippen molar-refractivity contribution in [2.75, 3.05) is 32.7 Å². The number of hydrogen-bond donors (Lipinski definition) is 1. The highest BCUT2D eigenvalue weighted by Crippen LogP contribution is 2.21. The molecule has 0 spiro atoms. The van der Waals surface area contributed by atoms with Crippen LogP contribution in [0.2, 0.25) is 0 Å². The molecule has 24 heavy (non-hydrogen) atoms. The fourth-order valence-electron chi connectivity index (χ4n) is 3.66. The van der Waals surface area contributed by atoms with Gasteiger partial charge >= 0.3 is 0 Å². The zero-order valence-corrected chi connectivity index (χ0v) is 14.8. The van der Waals surface area contributed by atoms with Gasteiger partial charge < -0.3 is 9.80 Å². The van der Waals surface area contributed by atoms with Crippen LogP contribution in [0, 0.1) is 6.92 Å². The van der Waals surface area contributed by atoms with Crippen molar-refractivity contribution in [1.29, 1.82) is 0 Å². The van der Waals surface area contributed by atoms with Crippen molar-refractivity contribution in [3.05, 3.63) is 17.5 Å². The summed E-state index contributed by atoms with van der Waals surface area (Å²) < 4.78 is 0. The van der Waals surface area contributed by atoms with E-state index in [4.69, 9.17) is 0 Å². The fraction of sp³-hybridized carbons (Fsp3) is 0.706. The van der Waals surface area contributed by atoms with E-state index in [-0.39, 0.29) is 23.9 Å². The lowest BCUT2D eigenvalue weighted by Gasteiger charge is -2.43. The molecule has 0 aromatic carbocycles. The van der Waals surface area contributed by atoms with Crippen LogP contribution < -0.4 is 0 Å². The topological polar surface area (TPSA) is 72.5 Å². The number of hydrogen-bond acceptors (Lipinski definition) is 4. The smallest absolute Gasteiger partial charge is 0.274 e. The molecule has 0 unspecified atom stereocenters. The monoisotopic (exact) mass is 333 g/mol. The molecule has 7 heteroatoms. The van der Waals surface area contributed by atoms with Crippen LogP contribution in [0.3, 0.4) is 0 Å². The molecule has 2 amide bonds. The normalized spacial score (nSPS) is 23.2. The van der Waals surface area contributed by atoms with Crippen molar-refractivity contribution in [3.63, 3.8) is 0 Å². The molecule has 2 aliphatic rings. The summed E-state index contributed by atoms with van der Waals surface area (Å²) in [5.74, 6) is 0.219. The molecule has 2 fully saturated rings. The second kappa shape index (κ2) is 6.93. The lowest BCUT2D eigenvalue weighted by atomic mass is 10.0. The molecule has 0 bridgehead atoms. The Morgan fingerprint density at radius 2 is 1.96 bits per heavy atom. The van der Waals surface area contributed by atoms with Gasteiger partial charge in [-0.05, 0) is 39.7 Å². The van der Waals surface area contributed by atoms with Crippen LogP contribution in [0.4, 0.5) is 0 Å². The number of amides is 2. The largest absolute Gasteiger partial charge is 0.339 e. The van der Waals surface area contributed by atoms with Crippen molar-refractivity contribution in [1.82, 2.24) is 24.9 Å². The van der Waals surface area contributed by atoms with Crippen LogP contribution >= 0.6 is 0 Å². The summed E-state index contributed by atoms with van der Waals surface area (Å²) in [5, 5.41) is 6.86. The Balaban J connectivity index is 1.58. The first-order valence-corrected chi connectivity index (χ1v) is 8.83. The molecule has 1 N–H and O–H groups in total. The molecule has 1 aromatic rings. The molecule has 0 radical (unpaired) electrons. The second-order valence-corrected chi connectivity index (χ2v) is 7.05. The summed E-state index contributed by atoms with van der Waals surface area (Å²) >= 11 is 0. The minimum atomic E-state index is -0.0298. The maximum absolute atomic E-state index is 12.7. The molecular weight excluding hydrogens is 306 g/mol. The predicted octanol–water partition coefficient (Wildman–Crippen LogP) is 0.875. The summed E-state index contributed by atoms with van der Waals surface area (Å²) in [5.41, 5.74) is 1.36. The summed E-state index contributed by atoms with van der Waals surface area (Å²) in [4.78, 5) is 31.2. The molecule has 1 atom stereocenters. The molecule has 3 rings (SSSR count). The molecule has 7 nitrogen and oxygen atoms in total. The number of aromatic amines is 1. The number of piperazine rings is 1. The number of nitrogens with one attached hydrogen (secondary N) is 1. The number of piperidine rings is 1. The zero-order chi connectivity index (χ0) is 17.3. The number of aromatic nitrogens is 2. The highest BCUT2D eigenvalue weighted by Gasteiger charge is 2.36. The maximum atomic E-state index is 12.7. The summed E-state index contributed by atoms with van der Waals surface area (Å²) in [6.45, 7) is 9.69. The molecular formula is C17H27N5O2. The van der Waals surface area contributed by atoms with Crippen LogP contribution in [0.1, 0.15) is 42.9 Å². The second-order valence-electron chi connectivity index (χ2n) is 7.05. The number of nitrogens with zero attached hydrogens (tertiary/aromatic N) is 4. The van der Waals surface area contributed by atoms with E-state index < -0.39 is 0 Å². The minimum absolute atomic E-state index is 0.0222. The minimum Gasteiger partial charge on any atom is -0.339 e. The third kappa shape index (κ3) is 3.31. The van der Waals surface area contributed by atoms with Gasteiger partial charge in [-0.15, -0.1) is 0 Å². The average molecular weight is 333 g/mol. The predicted molar refractivity (Wildman–Crippen MR) is 90.7 cm³/mol. The Labute approximate surface area is 143 Å². The van der Waals surface area contributed by atoms with Gasteiger partial charge in [-0.25, -0.2) is 0 Å². The van der Waals surface area contributed by atoms with Crippen LogP contribution in [-0.4, -0.2) is 81.5 Å². The molecule has 1 aromatic heterocycles. The van der Waals surface area contributed by atoms with Crippen LogP contribution in [0.5, 0.6) is 0 Å². The number of aryl methyl sites for hydroxylation is 1. The van der Waals surface area contributed by atoms with E-state index in [0.29, 0.717) is 18.8 Å². The van der Waals surface area contributed by atoms with Gasteiger partial charge in [0.15, 0.2) is 0 Å². The summed E-state index contributed by atoms with van der Waals surface area (Å²) in [6.07, 6.45) is 1.98. The van der Waals surface area contributed by atoms with Crippen molar-refractivity contribution in [3.8, 4) is 0 Å². The molecule has 3 heterocycles. The first-order chi connectivity index (χ1) is 11.5. The van der Waals surface area contributed by atoms with E-state index in [1.165, 1.54) is 0 Å². The van der Waals surface area contributed by atoms with E-state index in [1.807, 2.05) is 16.7 Å². The zero-order valence-electron chi connectivity index (χ0n) is 14.8. The highest BCUT2D eigenvalue weighted by atomic mass is 16.2. The van der Waals surface area contributed by atoms with E-state index in [9.17, 15) is 9.59 Å². The average Bonchev–Trinajstić information content (AvgIpc) is 3.01. The van der Waals surface area contributed by atoms with Crippen molar-refractivity contribution in [2.45, 2.75) is 45.7 Å². The Hall–Kier alpha value is -1.89. The molecule has 0 aliphatic carbocycles. The number of carbonyl (C=O) groups excluding carboxylic acids is 2. The number of likely N-dealkylation sites (tertiary alicyclic amines) is 1. The summed E-state index contributed by atoms with van der Waals surface area (Å²) in [6, 6.07) is 2.01. The first kappa shape index (κ1) is 17.0. The Morgan fingerprint density at radius 1 is 1.25 bits per heavy atom. The summed E-state index contributed by atoms with van der Waals surface area (Å²) in [7, 11) is 0. The van der Waals surface area contributed by atoms with Gasteiger partial charge in [-0.1, -0.05) is 0 Å². The first-order valence-electron chi connectivity index (χ1n) is 8.83. The van der Waals surface area contributed by atoms with Crippen molar-refractivity contribution in [2.24, 2.45) is 0 Å². The molecule has 2 aliphatic heterocycles. The number of carbonyl (C=O) groups is 2. The van der Waals surface area contributed by atoms with Gasteiger partial charge in [-0.2, -0.15) is 5.10 Å². The SMILES string of the molecule is Cc1cc(C(=O)N2CCN([C@@H]3CCCN(C(C)C)C3=O)CC2)n[nH]1. The van der Waals surface area contributed by atoms with E-state index in [1.54, 1.807) is 6.07 Å². The van der Waals surface area contributed by atoms with Gasteiger partial charge in [0.25, 0.3) is 5.91 Å². The number of H-pyrrole nitrogens is 1. The third-order valence-electron chi connectivity index (χ3n) is 5.04. The van der Waals surface area contributed by atoms with Gasteiger partial charge in [0, 0.05) is 44.5 Å². The van der Waals surface area contributed by atoms with Crippen LogP contribution in [0.25, 0.3) is 0 Å². The van der Waals surface area contributed by atoms with E-state index in [2.05, 4.69) is 28.9 Å². The van der Waals surface area contributed by atoms with Gasteiger partial charge in [0.1, 0.15) is 5.69 Å². The standard InChI is InChI=1S/C17H27N5O2/c1-12(2)22-6-4-5-15(17(22)24)20-7-9-21(10-8-20)16(23)14-11-13(3)18-19-14/h11-12,15H,4-10H2,1-3H3,(H,18,19)/t15-/m1/s1. The lowest BCUT2D eigenvalue weighted by Crippen LogP contribution is -2.59. The van der Waals surface area contributed by atoms with Crippen LogP contribution in [0.15, 0.2) is 6.07 Å². The number of rotatable bonds is 3. The Bertz CT molecular complexity index is 604. The van der Waals surface area contributed by atoms with Crippen molar-refractivity contribution >= 4 is 11.8 Å². The maximum Gasteiger partial charge on any atom is 0.274 e.